The molecule has 0 amide bonds. The minimum absolute atomic E-state index is 0.955. The van der Waals surface area contributed by atoms with Crippen molar-refractivity contribution in [3.63, 3.8) is 0 Å². The Balaban J connectivity index is 1.52. The maximum atomic E-state index is 6.99. The summed E-state index contributed by atoms with van der Waals surface area (Å²) in [6, 6.07) is 19.9. The van der Waals surface area contributed by atoms with Gasteiger partial charge in [0.2, 0.25) is 0 Å². The molecular weight excluding hydrogens is 649 g/mol. The fourth-order valence-electron chi connectivity index (χ4n) is 10.5. The van der Waals surface area contributed by atoms with Crippen molar-refractivity contribution >= 4 is 195 Å². The third-order valence-electron chi connectivity index (χ3n) is 12.0. The molecular formula is C42H12O3S3. The van der Waals surface area contributed by atoms with Crippen LogP contribution in [0.15, 0.2) is 84.0 Å². The van der Waals surface area contributed by atoms with Gasteiger partial charge < -0.3 is 13.3 Å². The van der Waals surface area contributed by atoms with Gasteiger partial charge in [-0.15, -0.1) is 34.0 Å². The topological polar surface area (TPSA) is 39.4 Å². The highest BCUT2D eigenvalue weighted by molar-refractivity contribution is 7.20. The molecule has 0 aliphatic carbocycles. The molecule has 6 heterocycles. The summed E-state index contributed by atoms with van der Waals surface area (Å²) >= 11 is 5.53. The van der Waals surface area contributed by atoms with Crippen LogP contribution in [0, 0.1) is 0 Å². The Hall–Kier alpha value is -5.40. The van der Waals surface area contributed by atoms with Crippen LogP contribution in [0.5, 0.6) is 0 Å². The van der Waals surface area contributed by atoms with Crippen molar-refractivity contribution in [3.8, 4) is 0 Å². The third kappa shape index (κ3) is 1.89. The summed E-state index contributed by atoms with van der Waals surface area (Å²) in [6.07, 6.45) is 0. The summed E-state index contributed by atoms with van der Waals surface area (Å²) in [4.78, 5) is 0. The lowest BCUT2D eigenvalue weighted by Crippen LogP contribution is -1.88. The van der Waals surface area contributed by atoms with E-state index in [0.29, 0.717) is 0 Å². The molecule has 216 valence electrons. The summed E-state index contributed by atoms with van der Waals surface area (Å²) in [5, 5.41) is 33.8. The number of benzene rings is 7. The van der Waals surface area contributed by atoms with Crippen LogP contribution < -0.4 is 0 Å². The summed E-state index contributed by atoms with van der Waals surface area (Å²) in [6.45, 7) is 0. The van der Waals surface area contributed by atoms with Gasteiger partial charge >= 0.3 is 0 Å². The van der Waals surface area contributed by atoms with Crippen LogP contribution in [0.25, 0.3) is 161 Å². The SMILES string of the molecule is c1cc2oc3c4csc5c6cccc7oc8c9csc%10c%11cccc%12oc%13c%14csc%15c(c1)c2c3c1c(c45)c(c8c76)c(c9%10)c(c%13c%12%11)c1c%14%15. The lowest BCUT2D eigenvalue weighted by molar-refractivity contribution is 0.673. The Labute approximate surface area is 277 Å². The van der Waals surface area contributed by atoms with Gasteiger partial charge in [0.15, 0.2) is 0 Å². The maximum Gasteiger partial charge on any atom is 0.144 e. The van der Waals surface area contributed by atoms with Crippen molar-refractivity contribution in [2.24, 2.45) is 0 Å². The average molecular weight is 661 g/mol. The van der Waals surface area contributed by atoms with Crippen molar-refractivity contribution in [2.45, 2.75) is 0 Å². The van der Waals surface area contributed by atoms with E-state index in [1.165, 1.54) is 127 Å². The summed E-state index contributed by atoms with van der Waals surface area (Å²) < 4.78 is 24.9. The Morgan fingerprint density at radius 3 is 0.938 bits per heavy atom. The monoisotopic (exact) mass is 660 g/mol. The van der Waals surface area contributed by atoms with Gasteiger partial charge in [-0.05, 0) is 18.2 Å². The van der Waals surface area contributed by atoms with E-state index < -0.39 is 0 Å². The van der Waals surface area contributed by atoms with Gasteiger partial charge in [-0.25, -0.2) is 0 Å². The van der Waals surface area contributed by atoms with Gasteiger partial charge in [0.1, 0.15) is 33.5 Å². The predicted molar refractivity (Wildman–Crippen MR) is 207 cm³/mol. The molecule has 16 aromatic rings. The van der Waals surface area contributed by atoms with Crippen LogP contribution in [0.4, 0.5) is 0 Å². The second kappa shape index (κ2) is 6.51. The van der Waals surface area contributed by atoms with Crippen LogP contribution in [0.1, 0.15) is 0 Å². The minimum Gasteiger partial charge on any atom is -0.455 e. The fraction of sp³-hybridized carbons (Fsp3) is 0. The van der Waals surface area contributed by atoms with Crippen LogP contribution in [-0.2, 0) is 0 Å². The summed E-state index contributed by atoms with van der Waals surface area (Å²) in [5.41, 5.74) is 5.88. The molecule has 0 unspecified atom stereocenters. The van der Waals surface area contributed by atoms with Gasteiger partial charge in [0.25, 0.3) is 0 Å². The molecule has 0 fully saturated rings. The first kappa shape index (κ1) is 22.2. The number of hydrogen-bond donors (Lipinski definition) is 0. The molecule has 0 aliphatic heterocycles. The van der Waals surface area contributed by atoms with E-state index in [-0.39, 0.29) is 0 Å². The highest BCUT2D eigenvalue weighted by Crippen LogP contribution is 2.62. The molecule has 6 aromatic heterocycles. The van der Waals surface area contributed by atoms with E-state index in [2.05, 4.69) is 70.7 Å². The lowest BCUT2D eigenvalue weighted by Gasteiger charge is -2.16. The Kier molecular flexibility index (Phi) is 3.02. The summed E-state index contributed by atoms with van der Waals surface area (Å²) in [5.74, 6) is 0. The number of fused-ring (bicyclic) bond motifs is 6. The molecule has 0 saturated carbocycles. The largest absolute Gasteiger partial charge is 0.455 e. The van der Waals surface area contributed by atoms with E-state index in [4.69, 9.17) is 13.3 Å². The van der Waals surface area contributed by atoms with Gasteiger partial charge in [0.05, 0.1) is 0 Å². The van der Waals surface area contributed by atoms with Crippen LogP contribution in [0.2, 0.25) is 0 Å². The van der Waals surface area contributed by atoms with E-state index in [0.717, 1.165) is 33.5 Å². The normalized spacial score (nSPS) is 14.2. The Bertz CT molecular complexity index is 3630. The zero-order valence-corrected chi connectivity index (χ0v) is 26.8. The second-order valence-corrected chi connectivity index (χ2v) is 16.4. The average Bonchev–Trinajstić information content (AvgIpc) is 3.94. The number of furan rings is 3. The molecule has 0 spiro atoms. The highest BCUT2D eigenvalue weighted by atomic mass is 32.1. The first-order valence-corrected chi connectivity index (χ1v) is 18.8. The highest BCUT2D eigenvalue weighted by Gasteiger charge is 2.34. The maximum absolute atomic E-state index is 6.99. The molecule has 10 aromatic carbocycles. The van der Waals surface area contributed by atoms with Gasteiger partial charge in [-0.3, -0.25) is 0 Å². The zero-order valence-electron chi connectivity index (χ0n) is 24.4. The molecule has 16 rings (SSSR count). The van der Waals surface area contributed by atoms with E-state index in [9.17, 15) is 0 Å². The van der Waals surface area contributed by atoms with Crippen LogP contribution >= 0.6 is 34.0 Å². The molecule has 0 bridgehead atoms. The quantitative estimate of drug-likeness (QED) is 0.152. The van der Waals surface area contributed by atoms with E-state index in [1.807, 2.05) is 34.0 Å². The summed E-state index contributed by atoms with van der Waals surface area (Å²) in [7, 11) is 0. The predicted octanol–water partition coefficient (Wildman–Crippen LogP) is 14.6. The molecule has 0 N–H and O–H groups in total. The standard InChI is InChI=1S/C42H12O3S3/c1-4-13-22-19(7-1)43-37-17-11-47-41-14-5-2-9-21-24(14)36-33-29(26(17)41)31(34(22)37)28-25-16(10-46-40(13)25)38-35-23-15(6-3-8-20(23)44-38)42-27(30(33)32(28)35)18(12-48-42)39(36)45-21/h1-12H. The number of thiophene rings is 3. The van der Waals surface area contributed by atoms with Crippen molar-refractivity contribution < 1.29 is 13.3 Å². The lowest BCUT2D eigenvalue weighted by atomic mass is 9.85. The zero-order chi connectivity index (χ0) is 30.0. The first-order chi connectivity index (χ1) is 23.8. The van der Waals surface area contributed by atoms with Crippen molar-refractivity contribution in [2.75, 3.05) is 0 Å². The number of rotatable bonds is 0. The number of hydrogen-bond acceptors (Lipinski definition) is 6. The Morgan fingerprint density at radius 2 is 0.604 bits per heavy atom. The Morgan fingerprint density at radius 1 is 0.292 bits per heavy atom. The molecule has 0 radical (unpaired) electrons. The molecule has 6 heteroatoms. The molecule has 3 nitrogen and oxygen atoms in total. The molecule has 0 saturated heterocycles. The molecule has 48 heavy (non-hydrogen) atoms. The second-order valence-electron chi connectivity index (χ2n) is 13.8. The van der Waals surface area contributed by atoms with Gasteiger partial charge in [-0.1, -0.05) is 36.4 Å². The van der Waals surface area contributed by atoms with Crippen molar-refractivity contribution in [3.05, 3.63) is 70.7 Å². The smallest absolute Gasteiger partial charge is 0.144 e. The van der Waals surface area contributed by atoms with Crippen molar-refractivity contribution in [1.29, 1.82) is 0 Å². The first-order valence-electron chi connectivity index (χ1n) is 16.1. The minimum atomic E-state index is 0.955. The van der Waals surface area contributed by atoms with E-state index in [1.54, 1.807) is 0 Å². The van der Waals surface area contributed by atoms with Gasteiger partial charge in [-0.2, -0.15) is 0 Å². The van der Waals surface area contributed by atoms with Crippen molar-refractivity contribution in [1.82, 2.24) is 0 Å². The van der Waals surface area contributed by atoms with Gasteiger partial charge in [0, 0.05) is 143 Å². The molecule has 0 atom stereocenters. The molecule has 0 aliphatic rings. The fourth-order valence-corrected chi connectivity index (χ4v) is 13.7. The van der Waals surface area contributed by atoms with Crippen LogP contribution in [-0.4, -0.2) is 0 Å². The van der Waals surface area contributed by atoms with Crippen LogP contribution in [0.3, 0.4) is 0 Å². The third-order valence-corrected chi connectivity index (χ3v) is 15.0. The van der Waals surface area contributed by atoms with E-state index >= 15 is 0 Å².